The molecule has 0 bridgehead atoms. The summed E-state index contributed by atoms with van der Waals surface area (Å²) >= 11 is 1.13. The molecule has 0 aliphatic carbocycles. The van der Waals surface area contributed by atoms with Gasteiger partial charge in [-0.2, -0.15) is 8.78 Å². The third-order valence-corrected chi connectivity index (χ3v) is 4.92. The molecule has 7 nitrogen and oxygen atoms in total. The van der Waals surface area contributed by atoms with Gasteiger partial charge in [0.2, 0.25) is 5.91 Å². The van der Waals surface area contributed by atoms with Crippen molar-refractivity contribution in [3.8, 4) is 11.5 Å². The summed E-state index contributed by atoms with van der Waals surface area (Å²) in [5.41, 5.74) is 1.87. The van der Waals surface area contributed by atoms with Crippen molar-refractivity contribution < 1.29 is 27.5 Å². The van der Waals surface area contributed by atoms with Crippen LogP contribution in [0.5, 0.6) is 11.5 Å². The molecule has 0 unspecified atom stereocenters. The van der Waals surface area contributed by atoms with Gasteiger partial charge in [0.25, 0.3) is 11.1 Å². The Morgan fingerprint density at radius 1 is 1.16 bits per heavy atom. The molecule has 1 amide bonds. The van der Waals surface area contributed by atoms with Crippen molar-refractivity contribution in [2.75, 3.05) is 12.8 Å². The van der Waals surface area contributed by atoms with Crippen LogP contribution in [-0.2, 0) is 17.9 Å². The Bertz CT molecular complexity index is 998. The van der Waals surface area contributed by atoms with Gasteiger partial charge in [0.1, 0.15) is 11.5 Å². The summed E-state index contributed by atoms with van der Waals surface area (Å²) in [6, 6.07) is 13.8. The van der Waals surface area contributed by atoms with Crippen LogP contribution in [0.1, 0.15) is 17.0 Å². The lowest BCUT2D eigenvalue weighted by atomic mass is 10.2. The largest absolute Gasteiger partial charge is 0.484 e. The highest BCUT2D eigenvalue weighted by Gasteiger charge is 2.14. The van der Waals surface area contributed by atoms with Gasteiger partial charge in [0, 0.05) is 13.6 Å². The van der Waals surface area contributed by atoms with Crippen molar-refractivity contribution in [2.45, 2.75) is 31.9 Å². The first-order chi connectivity index (χ1) is 14.9. The Kier molecular flexibility index (Phi) is 7.82. The number of ether oxygens (including phenoxy) is 2. The minimum Gasteiger partial charge on any atom is -0.484 e. The predicted molar refractivity (Wildman–Crippen MR) is 110 cm³/mol. The summed E-state index contributed by atoms with van der Waals surface area (Å²) in [4.78, 5) is 13.9. The second kappa shape index (κ2) is 10.8. The number of carbonyl (C=O) groups is 1. The second-order valence-electron chi connectivity index (χ2n) is 6.63. The molecule has 0 atom stereocenters. The molecule has 1 heterocycles. The maximum Gasteiger partial charge on any atom is 0.387 e. The van der Waals surface area contributed by atoms with Crippen LogP contribution in [0.15, 0.2) is 58.2 Å². The fourth-order valence-corrected chi connectivity index (χ4v) is 3.30. The van der Waals surface area contributed by atoms with E-state index >= 15 is 0 Å². The first-order valence-corrected chi connectivity index (χ1v) is 10.3. The lowest BCUT2D eigenvalue weighted by Gasteiger charge is -2.17. The number of aryl methyl sites for hydroxylation is 1. The quantitative estimate of drug-likeness (QED) is 0.427. The number of alkyl halides is 2. The first-order valence-electron chi connectivity index (χ1n) is 9.31. The molecule has 0 saturated carbocycles. The van der Waals surface area contributed by atoms with Crippen LogP contribution in [0.4, 0.5) is 8.78 Å². The Morgan fingerprint density at radius 3 is 2.65 bits per heavy atom. The smallest absolute Gasteiger partial charge is 0.387 e. The van der Waals surface area contributed by atoms with Crippen molar-refractivity contribution in [3.63, 3.8) is 0 Å². The highest BCUT2D eigenvalue weighted by atomic mass is 32.2. The van der Waals surface area contributed by atoms with E-state index in [-0.39, 0.29) is 29.2 Å². The molecule has 31 heavy (non-hydrogen) atoms. The zero-order chi connectivity index (χ0) is 22.2. The molecule has 164 valence electrons. The summed E-state index contributed by atoms with van der Waals surface area (Å²) in [6.07, 6.45) is 0. The van der Waals surface area contributed by atoms with Crippen LogP contribution < -0.4 is 9.47 Å². The highest BCUT2D eigenvalue weighted by Crippen LogP contribution is 2.20. The number of hydrogen-bond acceptors (Lipinski definition) is 7. The molecule has 10 heteroatoms. The van der Waals surface area contributed by atoms with Crippen molar-refractivity contribution in [3.05, 3.63) is 65.5 Å². The molecule has 0 aliphatic rings. The van der Waals surface area contributed by atoms with E-state index < -0.39 is 6.61 Å². The van der Waals surface area contributed by atoms with Crippen molar-refractivity contribution in [2.24, 2.45) is 0 Å². The van der Waals surface area contributed by atoms with E-state index in [9.17, 15) is 13.6 Å². The van der Waals surface area contributed by atoms with E-state index in [1.807, 2.05) is 31.2 Å². The molecule has 0 saturated heterocycles. The topological polar surface area (TPSA) is 77.7 Å². The average Bonchev–Trinajstić information content (AvgIpc) is 3.19. The molecule has 3 aromatic rings. The molecular weight excluding hydrogens is 428 g/mol. The number of carbonyl (C=O) groups excluding carboxylic acids is 1. The van der Waals surface area contributed by atoms with Gasteiger partial charge in [0.15, 0.2) is 6.61 Å². The molecule has 0 radical (unpaired) electrons. The Balaban J connectivity index is 1.43. The fraction of sp³-hybridized carbons (Fsp3) is 0.286. The van der Waals surface area contributed by atoms with Gasteiger partial charge in [-0.15, -0.1) is 10.2 Å². The maximum atomic E-state index is 12.3. The molecular formula is C21H21F2N3O4S. The zero-order valence-corrected chi connectivity index (χ0v) is 17.8. The number of benzene rings is 2. The lowest BCUT2D eigenvalue weighted by Crippen LogP contribution is -2.27. The standard InChI is InChI=1S/C21H21F2N3O4S/c1-14-4-3-5-17(10-14)28-12-18-24-25-21(30-18)31-13-19(27)26(2)11-15-6-8-16(9-7-15)29-20(22)23/h3-10,20H,11-13H2,1-2H3. The van der Waals surface area contributed by atoms with Crippen LogP contribution in [0, 0.1) is 6.92 Å². The van der Waals surface area contributed by atoms with E-state index in [4.69, 9.17) is 9.15 Å². The molecule has 0 fully saturated rings. The highest BCUT2D eigenvalue weighted by molar-refractivity contribution is 7.99. The first kappa shape index (κ1) is 22.5. The van der Waals surface area contributed by atoms with E-state index in [0.717, 1.165) is 22.9 Å². The monoisotopic (exact) mass is 449 g/mol. The Morgan fingerprint density at radius 2 is 1.94 bits per heavy atom. The summed E-state index contributed by atoms with van der Waals surface area (Å²) in [6.45, 7) is -0.435. The number of hydrogen-bond donors (Lipinski definition) is 0. The summed E-state index contributed by atoms with van der Waals surface area (Å²) in [5.74, 6) is 1.06. The van der Waals surface area contributed by atoms with E-state index in [2.05, 4.69) is 14.9 Å². The number of aromatic nitrogens is 2. The minimum absolute atomic E-state index is 0.0712. The Labute approximate surface area is 182 Å². The fourth-order valence-electron chi connectivity index (χ4n) is 2.58. The zero-order valence-electron chi connectivity index (χ0n) is 17.0. The number of thioether (sulfide) groups is 1. The van der Waals surface area contributed by atoms with Gasteiger partial charge in [-0.1, -0.05) is 36.0 Å². The number of halogens is 2. The van der Waals surface area contributed by atoms with Crippen molar-refractivity contribution >= 4 is 17.7 Å². The van der Waals surface area contributed by atoms with Crippen LogP contribution in [0.2, 0.25) is 0 Å². The third-order valence-electron chi connectivity index (χ3n) is 4.11. The summed E-state index contributed by atoms with van der Waals surface area (Å²) in [5, 5.41) is 8.11. The maximum absolute atomic E-state index is 12.3. The molecule has 0 aliphatic heterocycles. The van der Waals surface area contributed by atoms with Gasteiger partial charge in [-0.05, 0) is 42.3 Å². The van der Waals surface area contributed by atoms with Gasteiger partial charge < -0.3 is 18.8 Å². The number of amides is 1. The summed E-state index contributed by atoms with van der Waals surface area (Å²) in [7, 11) is 1.65. The Hall–Kier alpha value is -3.14. The molecule has 3 rings (SSSR count). The van der Waals surface area contributed by atoms with Crippen LogP contribution >= 0.6 is 11.8 Å². The molecule has 0 N–H and O–H groups in total. The van der Waals surface area contributed by atoms with Crippen LogP contribution in [-0.4, -0.2) is 40.4 Å². The third kappa shape index (κ3) is 7.25. The van der Waals surface area contributed by atoms with E-state index in [0.29, 0.717) is 18.2 Å². The minimum atomic E-state index is -2.87. The van der Waals surface area contributed by atoms with Crippen LogP contribution in [0.25, 0.3) is 0 Å². The average molecular weight is 449 g/mol. The summed E-state index contributed by atoms with van der Waals surface area (Å²) < 4.78 is 39.8. The predicted octanol–water partition coefficient (Wildman–Crippen LogP) is 4.31. The van der Waals surface area contributed by atoms with Gasteiger partial charge >= 0.3 is 6.61 Å². The van der Waals surface area contributed by atoms with Crippen LogP contribution in [0.3, 0.4) is 0 Å². The lowest BCUT2D eigenvalue weighted by molar-refractivity contribution is -0.127. The normalized spacial score (nSPS) is 10.9. The van der Waals surface area contributed by atoms with E-state index in [1.54, 1.807) is 19.2 Å². The number of nitrogens with zero attached hydrogens (tertiary/aromatic N) is 3. The molecule has 0 spiro atoms. The van der Waals surface area contributed by atoms with Gasteiger partial charge in [0.05, 0.1) is 5.75 Å². The molecule has 2 aromatic carbocycles. The van der Waals surface area contributed by atoms with Gasteiger partial charge in [-0.3, -0.25) is 4.79 Å². The van der Waals surface area contributed by atoms with Gasteiger partial charge in [-0.25, -0.2) is 0 Å². The second-order valence-corrected chi connectivity index (χ2v) is 7.55. The SMILES string of the molecule is Cc1cccc(OCc2nnc(SCC(=O)N(C)Cc3ccc(OC(F)F)cc3)o2)c1. The van der Waals surface area contributed by atoms with Crippen molar-refractivity contribution in [1.82, 2.24) is 15.1 Å². The number of rotatable bonds is 10. The van der Waals surface area contributed by atoms with E-state index in [1.165, 1.54) is 17.0 Å². The molecule has 1 aromatic heterocycles. The van der Waals surface area contributed by atoms with Crippen molar-refractivity contribution in [1.29, 1.82) is 0 Å².